The Kier molecular flexibility index (Phi) is 8.60. The summed E-state index contributed by atoms with van der Waals surface area (Å²) in [7, 11) is 3.42. The molecule has 2 aliphatic rings. The van der Waals surface area contributed by atoms with Crippen molar-refractivity contribution >= 4 is 11.6 Å². The number of nitrogens with zero attached hydrogens (tertiary/aromatic N) is 4. The normalized spacial score (nSPS) is 20.4. The van der Waals surface area contributed by atoms with E-state index >= 15 is 0 Å². The summed E-state index contributed by atoms with van der Waals surface area (Å²) in [5.74, 6) is 0.461. The van der Waals surface area contributed by atoms with Crippen molar-refractivity contribution in [3.63, 3.8) is 0 Å². The Hall–Kier alpha value is -4.17. The maximum atomic E-state index is 14.0. The molecule has 7 nitrogen and oxygen atoms in total. The number of piperidine rings is 1. The number of benzene rings is 2. The van der Waals surface area contributed by atoms with Gasteiger partial charge in [0.2, 0.25) is 5.91 Å². The third kappa shape index (κ3) is 6.15. The van der Waals surface area contributed by atoms with Crippen LogP contribution in [0.25, 0.3) is 11.3 Å². The molecule has 0 saturated carbocycles. The van der Waals surface area contributed by atoms with Crippen molar-refractivity contribution in [1.82, 2.24) is 15.2 Å². The first-order valence-electron chi connectivity index (χ1n) is 14.1. The fourth-order valence-electron chi connectivity index (χ4n) is 6.18. The monoisotopic (exact) mass is 595 g/mol. The van der Waals surface area contributed by atoms with E-state index in [2.05, 4.69) is 10.3 Å². The molecule has 2 aliphatic heterocycles. The van der Waals surface area contributed by atoms with Crippen LogP contribution in [-0.2, 0) is 16.4 Å². The number of anilines is 1. The van der Waals surface area contributed by atoms with Crippen LogP contribution in [0, 0.1) is 11.3 Å². The van der Waals surface area contributed by atoms with Crippen LogP contribution in [0.15, 0.2) is 60.8 Å². The van der Waals surface area contributed by atoms with Gasteiger partial charge in [0.1, 0.15) is 18.0 Å². The van der Waals surface area contributed by atoms with Crippen molar-refractivity contribution in [1.29, 1.82) is 5.26 Å². The molecular weight excluding hydrogens is 562 g/mol. The molecule has 1 aromatic heterocycles. The van der Waals surface area contributed by atoms with Gasteiger partial charge in [-0.15, -0.1) is 0 Å². The van der Waals surface area contributed by atoms with Crippen molar-refractivity contribution in [2.75, 3.05) is 45.2 Å². The lowest BCUT2D eigenvalue weighted by Crippen LogP contribution is -2.53. The molecule has 5 rings (SSSR count). The van der Waals surface area contributed by atoms with E-state index < -0.39 is 23.3 Å². The number of nitrogens with one attached hydrogen (secondary N) is 1. The van der Waals surface area contributed by atoms with Crippen molar-refractivity contribution in [3.8, 4) is 23.1 Å². The summed E-state index contributed by atoms with van der Waals surface area (Å²) in [4.78, 5) is 22.4. The van der Waals surface area contributed by atoms with E-state index in [0.717, 1.165) is 17.7 Å². The van der Waals surface area contributed by atoms with Gasteiger partial charge in [-0.05, 0) is 68.3 Å². The molecule has 0 radical (unpaired) electrons. The number of halogens is 4. The zero-order valence-corrected chi connectivity index (χ0v) is 24.0. The average molecular weight is 596 g/mol. The molecule has 0 spiro atoms. The number of rotatable bonds is 7. The Morgan fingerprint density at radius 2 is 1.91 bits per heavy atom. The molecule has 0 aliphatic carbocycles. The van der Waals surface area contributed by atoms with E-state index in [4.69, 9.17) is 4.74 Å². The Morgan fingerprint density at radius 1 is 1.16 bits per heavy atom. The third-order valence-electron chi connectivity index (χ3n) is 8.67. The molecule has 11 heteroatoms. The standard InChI is InChI=1S/C32H33F4N5O2/c1-40-20-24(33)16-25(40)19-39-30(42)31(23-7-9-27(38-18-23)26-5-3-4-6-29(26)43-2)11-13-41(14-12-31)28-10-8-22(32(34,35)36)15-21(28)17-37/h3-10,15,18,24-25H,11-14,16,19-20H2,1-2H3,(H,39,42)/t24-,25+/m1/s1. The Morgan fingerprint density at radius 3 is 2.51 bits per heavy atom. The third-order valence-corrected chi connectivity index (χ3v) is 8.67. The second kappa shape index (κ2) is 12.2. The van der Waals surface area contributed by atoms with Crippen LogP contribution >= 0.6 is 0 Å². The van der Waals surface area contributed by atoms with Crippen LogP contribution in [0.3, 0.4) is 0 Å². The Bertz CT molecular complexity index is 1500. The summed E-state index contributed by atoms with van der Waals surface area (Å²) >= 11 is 0. The van der Waals surface area contributed by atoms with Gasteiger partial charge in [-0.25, -0.2) is 4.39 Å². The highest BCUT2D eigenvalue weighted by molar-refractivity contribution is 5.89. The van der Waals surface area contributed by atoms with E-state index in [1.54, 1.807) is 13.3 Å². The maximum Gasteiger partial charge on any atom is 0.416 e. The molecule has 0 bridgehead atoms. The summed E-state index contributed by atoms with van der Waals surface area (Å²) in [6.07, 6.45) is -2.78. The van der Waals surface area contributed by atoms with Crippen molar-refractivity contribution in [3.05, 3.63) is 77.5 Å². The second-order valence-electron chi connectivity index (χ2n) is 11.2. The van der Waals surface area contributed by atoms with Crippen LogP contribution in [0.5, 0.6) is 5.75 Å². The molecule has 1 amide bonds. The number of likely N-dealkylation sites (N-methyl/N-ethyl adjacent to an activating group) is 1. The smallest absolute Gasteiger partial charge is 0.416 e. The van der Waals surface area contributed by atoms with E-state index in [1.165, 1.54) is 6.07 Å². The number of methoxy groups -OCH3 is 1. The zero-order valence-electron chi connectivity index (χ0n) is 24.0. The highest BCUT2D eigenvalue weighted by Crippen LogP contribution is 2.40. The first-order valence-corrected chi connectivity index (χ1v) is 14.1. The number of hydrogen-bond acceptors (Lipinski definition) is 6. The summed E-state index contributed by atoms with van der Waals surface area (Å²) < 4.78 is 59.2. The fourth-order valence-corrected chi connectivity index (χ4v) is 6.18. The summed E-state index contributed by atoms with van der Waals surface area (Å²) in [6, 6.07) is 16.1. The number of carbonyl (C=O) groups excluding carboxylic acids is 1. The molecule has 0 unspecified atom stereocenters. The summed E-state index contributed by atoms with van der Waals surface area (Å²) in [6.45, 7) is 1.28. The largest absolute Gasteiger partial charge is 0.496 e. The molecule has 2 aromatic carbocycles. The number of amides is 1. The molecule has 3 aromatic rings. The van der Waals surface area contributed by atoms with Gasteiger partial charge in [-0.2, -0.15) is 18.4 Å². The van der Waals surface area contributed by atoms with Gasteiger partial charge in [0.25, 0.3) is 0 Å². The predicted molar refractivity (Wildman–Crippen MR) is 154 cm³/mol. The molecule has 1 N–H and O–H groups in total. The lowest BCUT2D eigenvalue weighted by molar-refractivity contribution is -0.137. The average Bonchev–Trinajstić information content (AvgIpc) is 3.35. The quantitative estimate of drug-likeness (QED) is 0.372. The van der Waals surface area contributed by atoms with Gasteiger partial charge in [0, 0.05) is 44.0 Å². The van der Waals surface area contributed by atoms with Crippen LogP contribution in [-0.4, -0.2) is 68.3 Å². The van der Waals surface area contributed by atoms with E-state index in [0.29, 0.717) is 68.1 Å². The minimum absolute atomic E-state index is 0.0698. The number of carbonyl (C=O) groups is 1. The maximum absolute atomic E-state index is 14.0. The molecule has 3 heterocycles. The highest BCUT2D eigenvalue weighted by atomic mass is 19.4. The minimum atomic E-state index is -4.56. The van der Waals surface area contributed by atoms with Gasteiger partial charge in [-0.1, -0.05) is 18.2 Å². The lowest BCUT2D eigenvalue weighted by atomic mass is 9.72. The number of alkyl halides is 4. The lowest BCUT2D eigenvalue weighted by Gasteiger charge is -2.42. The first kappa shape index (κ1) is 30.3. The molecular formula is C32H33F4N5O2. The van der Waals surface area contributed by atoms with Gasteiger partial charge in [0.05, 0.1) is 35.0 Å². The van der Waals surface area contributed by atoms with Crippen molar-refractivity contribution in [2.45, 2.75) is 43.1 Å². The number of pyridine rings is 1. The minimum Gasteiger partial charge on any atom is -0.496 e. The van der Waals surface area contributed by atoms with Gasteiger partial charge < -0.3 is 15.0 Å². The SMILES string of the molecule is COc1ccccc1-c1ccc(C2(C(=O)NC[C@@H]3C[C@@H](F)CN3C)CCN(c3ccc(C(F)(F)F)cc3C#N)CC2)cn1. The predicted octanol–water partition coefficient (Wildman–Crippen LogP) is 5.34. The Labute approximate surface area is 248 Å². The number of nitriles is 1. The van der Waals surface area contributed by atoms with Crippen LogP contribution in [0.2, 0.25) is 0 Å². The molecule has 2 fully saturated rings. The van der Waals surface area contributed by atoms with Gasteiger partial charge in [-0.3, -0.25) is 14.7 Å². The van der Waals surface area contributed by atoms with Gasteiger partial charge in [0.15, 0.2) is 0 Å². The summed E-state index contributed by atoms with van der Waals surface area (Å²) in [5, 5.41) is 12.7. The van der Waals surface area contributed by atoms with Crippen LogP contribution in [0.4, 0.5) is 23.2 Å². The first-order chi connectivity index (χ1) is 20.6. The topological polar surface area (TPSA) is 81.5 Å². The fraction of sp³-hybridized carbons (Fsp3) is 0.406. The van der Waals surface area contributed by atoms with E-state index in [9.17, 15) is 27.6 Å². The summed E-state index contributed by atoms with van der Waals surface area (Å²) in [5.41, 5.74) is 0.663. The Balaban J connectivity index is 1.42. The number of likely N-dealkylation sites (tertiary alicyclic amines) is 1. The molecule has 226 valence electrons. The van der Waals surface area contributed by atoms with Gasteiger partial charge >= 0.3 is 6.18 Å². The van der Waals surface area contributed by atoms with Crippen molar-refractivity contribution < 1.29 is 27.1 Å². The number of ether oxygens (including phenoxy) is 1. The van der Waals surface area contributed by atoms with Crippen molar-refractivity contribution in [2.24, 2.45) is 0 Å². The number of para-hydroxylation sites is 1. The molecule has 2 atom stereocenters. The highest BCUT2D eigenvalue weighted by Gasteiger charge is 2.44. The second-order valence-corrected chi connectivity index (χ2v) is 11.2. The van der Waals surface area contributed by atoms with Crippen LogP contribution < -0.4 is 15.0 Å². The molecule has 43 heavy (non-hydrogen) atoms. The zero-order chi connectivity index (χ0) is 30.8. The van der Waals surface area contributed by atoms with E-state index in [1.807, 2.05) is 59.3 Å². The van der Waals surface area contributed by atoms with Crippen LogP contribution in [0.1, 0.15) is 36.0 Å². The molecule has 2 saturated heterocycles. The number of aromatic nitrogens is 1. The van der Waals surface area contributed by atoms with E-state index in [-0.39, 0.29) is 17.5 Å². The number of hydrogen-bond donors (Lipinski definition) is 1.